The molecule has 1 heterocycles. The number of hydrogen-bond donors (Lipinski definition) is 1. The van der Waals surface area contributed by atoms with Crippen molar-refractivity contribution < 1.29 is 9.53 Å². The molecule has 0 radical (unpaired) electrons. The van der Waals surface area contributed by atoms with Crippen molar-refractivity contribution in [2.24, 2.45) is 0 Å². The summed E-state index contributed by atoms with van der Waals surface area (Å²) in [5.74, 6) is -0.130. The van der Waals surface area contributed by atoms with Crippen LogP contribution in [0.15, 0.2) is 30.5 Å². The van der Waals surface area contributed by atoms with Crippen LogP contribution in [0.25, 0.3) is 10.9 Å². The summed E-state index contributed by atoms with van der Waals surface area (Å²) < 4.78 is 4.91. The molecule has 0 unspecified atom stereocenters. The average Bonchev–Trinajstić information content (AvgIpc) is 2.75. The predicted octanol–water partition coefficient (Wildman–Crippen LogP) is 2.66. The molecule has 2 rings (SSSR count). The second kappa shape index (κ2) is 4.84. The topological polar surface area (TPSA) is 42.1 Å². The third-order valence-corrected chi connectivity index (χ3v) is 2.59. The van der Waals surface area contributed by atoms with Gasteiger partial charge in [0.15, 0.2) is 0 Å². The summed E-state index contributed by atoms with van der Waals surface area (Å²) in [7, 11) is 0. The number of hydrogen-bond acceptors (Lipinski definition) is 2. The van der Waals surface area contributed by atoms with Crippen LogP contribution in [-0.2, 0) is 16.0 Å². The zero-order valence-corrected chi connectivity index (χ0v) is 9.32. The molecule has 3 heteroatoms. The van der Waals surface area contributed by atoms with Crippen molar-refractivity contribution in [2.75, 3.05) is 6.61 Å². The highest BCUT2D eigenvalue weighted by molar-refractivity contribution is 5.83. The minimum atomic E-state index is -0.130. The molecular weight excluding hydrogens is 202 g/mol. The van der Waals surface area contributed by atoms with Gasteiger partial charge < -0.3 is 9.72 Å². The maximum Gasteiger partial charge on any atom is 0.306 e. The van der Waals surface area contributed by atoms with Gasteiger partial charge in [-0.1, -0.05) is 12.1 Å². The molecule has 1 N–H and O–H groups in total. The lowest BCUT2D eigenvalue weighted by atomic mass is 10.1. The van der Waals surface area contributed by atoms with Gasteiger partial charge in [0.1, 0.15) is 0 Å². The number of carbonyl (C=O) groups excluding carboxylic acids is 1. The van der Waals surface area contributed by atoms with Crippen molar-refractivity contribution in [3.8, 4) is 0 Å². The number of aromatic amines is 1. The molecule has 1 aromatic carbocycles. The van der Waals surface area contributed by atoms with Gasteiger partial charge in [-0.25, -0.2) is 0 Å². The highest BCUT2D eigenvalue weighted by Gasteiger charge is 2.05. The first-order valence-corrected chi connectivity index (χ1v) is 5.52. The highest BCUT2D eigenvalue weighted by atomic mass is 16.5. The fourth-order valence-electron chi connectivity index (χ4n) is 1.84. The first-order valence-electron chi connectivity index (χ1n) is 5.52. The summed E-state index contributed by atoms with van der Waals surface area (Å²) in [6.07, 6.45) is 3.09. The van der Waals surface area contributed by atoms with E-state index in [4.69, 9.17) is 4.74 Å². The maximum absolute atomic E-state index is 11.3. The Hall–Kier alpha value is -1.77. The van der Waals surface area contributed by atoms with Gasteiger partial charge in [-0.2, -0.15) is 0 Å². The number of aromatic nitrogens is 1. The Labute approximate surface area is 94.4 Å². The Kier molecular flexibility index (Phi) is 3.25. The fraction of sp³-hybridized carbons (Fsp3) is 0.308. The van der Waals surface area contributed by atoms with E-state index in [1.165, 1.54) is 10.9 Å². The summed E-state index contributed by atoms with van der Waals surface area (Å²) >= 11 is 0. The van der Waals surface area contributed by atoms with Gasteiger partial charge in [0.25, 0.3) is 0 Å². The first-order chi connectivity index (χ1) is 7.81. The van der Waals surface area contributed by atoms with E-state index in [-0.39, 0.29) is 5.97 Å². The molecule has 0 amide bonds. The summed E-state index contributed by atoms with van der Waals surface area (Å²) in [5.41, 5.74) is 2.30. The molecular formula is C13H15NO2. The highest BCUT2D eigenvalue weighted by Crippen LogP contribution is 2.18. The van der Waals surface area contributed by atoms with Crippen LogP contribution in [-0.4, -0.2) is 17.6 Å². The van der Waals surface area contributed by atoms with E-state index >= 15 is 0 Å². The maximum atomic E-state index is 11.3. The van der Waals surface area contributed by atoms with Crippen LogP contribution in [0.4, 0.5) is 0 Å². The van der Waals surface area contributed by atoms with Gasteiger partial charge in [-0.3, -0.25) is 4.79 Å². The van der Waals surface area contributed by atoms with Crippen LogP contribution in [0.1, 0.15) is 18.9 Å². The second-order valence-electron chi connectivity index (χ2n) is 3.66. The molecule has 1 aromatic heterocycles. The zero-order chi connectivity index (χ0) is 11.4. The zero-order valence-electron chi connectivity index (χ0n) is 9.32. The smallest absolute Gasteiger partial charge is 0.306 e. The van der Waals surface area contributed by atoms with E-state index in [0.717, 1.165) is 11.9 Å². The van der Waals surface area contributed by atoms with E-state index in [9.17, 15) is 4.79 Å². The monoisotopic (exact) mass is 217 g/mol. The van der Waals surface area contributed by atoms with Gasteiger partial charge in [-0.05, 0) is 31.0 Å². The Balaban J connectivity index is 2.09. The van der Waals surface area contributed by atoms with Crippen molar-refractivity contribution >= 4 is 16.9 Å². The number of aryl methyl sites for hydroxylation is 1. The lowest BCUT2D eigenvalue weighted by Crippen LogP contribution is -2.05. The summed E-state index contributed by atoms with van der Waals surface area (Å²) in [4.78, 5) is 14.4. The minimum absolute atomic E-state index is 0.130. The van der Waals surface area contributed by atoms with Gasteiger partial charge in [0, 0.05) is 23.5 Å². The lowest BCUT2D eigenvalue weighted by Gasteiger charge is -2.03. The fourth-order valence-corrected chi connectivity index (χ4v) is 1.84. The summed E-state index contributed by atoms with van der Waals surface area (Å²) in [5, 5.41) is 1.19. The molecule has 0 bridgehead atoms. The van der Waals surface area contributed by atoms with Crippen molar-refractivity contribution in [1.82, 2.24) is 4.98 Å². The van der Waals surface area contributed by atoms with Gasteiger partial charge in [0.05, 0.1) is 6.61 Å². The summed E-state index contributed by atoms with van der Waals surface area (Å²) in [6.45, 7) is 2.28. The molecule has 84 valence electrons. The normalized spacial score (nSPS) is 10.6. The molecule has 0 fully saturated rings. The molecule has 0 atom stereocenters. The molecule has 0 saturated carbocycles. The minimum Gasteiger partial charge on any atom is -0.466 e. The molecule has 0 spiro atoms. The standard InChI is InChI=1S/C13H15NO2/c1-2-16-13(15)7-6-10-4-3-5-12-11(10)8-9-14-12/h3-5,8-9,14H,2,6-7H2,1H3. The van der Waals surface area contributed by atoms with Crippen LogP contribution in [0.5, 0.6) is 0 Å². The molecule has 0 aliphatic rings. The Morgan fingerprint density at radius 3 is 3.06 bits per heavy atom. The largest absolute Gasteiger partial charge is 0.466 e. The molecule has 16 heavy (non-hydrogen) atoms. The number of ether oxygens (including phenoxy) is 1. The SMILES string of the molecule is CCOC(=O)CCc1cccc2[nH]ccc12. The predicted molar refractivity (Wildman–Crippen MR) is 63.3 cm³/mol. The van der Waals surface area contributed by atoms with E-state index < -0.39 is 0 Å². The Bertz CT molecular complexity index is 487. The van der Waals surface area contributed by atoms with Crippen LogP contribution < -0.4 is 0 Å². The van der Waals surface area contributed by atoms with Crippen LogP contribution >= 0.6 is 0 Å². The number of carbonyl (C=O) groups is 1. The lowest BCUT2D eigenvalue weighted by molar-refractivity contribution is -0.143. The third kappa shape index (κ3) is 2.24. The third-order valence-electron chi connectivity index (χ3n) is 2.59. The Morgan fingerprint density at radius 1 is 1.38 bits per heavy atom. The van der Waals surface area contributed by atoms with Gasteiger partial charge in [0.2, 0.25) is 0 Å². The van der Waals surface area contributed by atoms with E-state index in [0.29, 0.717) is 13.0 Å². The number of benzene rings is 1. The first kappa shape index (κ1) is 10.7. The van der Waals surface area contributed by atoms with Crippen LogP contribution in [0.3, 0.4) is 0 Å². The van der Waals surface area contributed by atoms with Crippen LogP contribution in [0.2, 0.25) is 0 Å². The summed E-state index contributed by atoms with van der Waals surface area (Å²) in [6, 6.07) is 8.12. The second-order valence-corrected chi connectivity index (χ2v) is 3.66. The number of fused-ring (bicyclic) bond motifs is 1. The van der Waals surface area contributed by atoms with Crippen molar-refractivity contribution in [1.29, 1.82) is 0 Å². The number of nitrogens with one attached hydrogen (secondary N) is 1. The average molecular weight is 217 g/mol. The van der Waals surface area contributed by atoms with E-state index in [2.05, 4.69) is 11.1 Å². The molecule has 0 aliphatic heterocycles. The van der Waals surface area contributed by atoms with Gasteiger partial charge >= 0.3 is 5.97 Å². The van der Waals surface area contributed by atoms with Crippen molar-refractivity contribution in [3.63, 3.8) is 0 Å². The number of rotatable bonds is 4. The van der Waals surface area contributed by atoms with Gasteiger partial charge in [-0.15, -0.1) is 0 Å². The van der Waals surface area contributed by atoms with E-state index in [1.807, 2.05) is 31.3 Å². The molecule has 0 saturated heterocycles. The molecule has 3 nitrogen and oxygen atoms in total. The van der Waals surface area contributed by atoms with Crippen LogP contribution in [0, 0.1) is 0 Å². The molecule has 0 aliphatic carbocycles. The quantitative estimate of drug-likeness (QED) is 0.800. The number of esters is 1. The number of H-pyrrole nitrogens is 1. The van der Waals surface area contributed by atoms with Crippen molar-refractivity contribution in [2.45, 2.75) is 19.8 Å². The van der Waals surface area contributed by atoms with Crippen molar-refractivity contribution in [3.05, 3.63) is 36.0 Å². The Morgan fingerprint density at radius 2 is 2.25 bits per heavy atom. The van der Waals surface area contributed by atoms with E-state index in [1.54, 1.807) is 0 Å². The molecule has 2 aromatic rings.